The van der Waals surface area contributed by atoms with Crippen molar-refractivity contribution in [3.63, 3.8) is 0 Å². The molecule has 144 valence electrons. The molecule has 2 heterocycles. The Hall–Kier alpha value is -2.21. The average molecular weight is 387 g/mol. The van der Waals surface area contributed by atoms with E-state index in [-0.39, 0.29) is 22.4 Å². The van der Waals surface area contributed by atoms with Gasteiger partial charge < -0.3 is 14.2 Å². The minimum atomic E-state index is -0.136. The van der Waals surface area contributed by atoms with E-state index in [1.165, 1.54) is 11.8 Å². The predicted molar refractivity (Wildman–Crippen MR) is 108 cm³/mol. The van der Waals surface area contributed by atoms with Gasteiger partial charge >= 0.3 is 0 Å². The van der Waals surface area contributed by atoms with Gasteiger partial charge in [-0.1, -0.05) is 36.8 Å². The number of furan rings is 1. The van der Waals surface area contributed by atoms with Crippen LogP contribution in [0.4, 0.5) is 0 Å². The largest absolute Gasteiger partial charge is 0.459 e. The van der Waals surface area contributed by atoms with Crippen LogP contribution >= 0.6 is 11.8 Å². The second-order valence-electron chi connectivity index (χ2n) is 6.89. The van der Waals surface area contributed by atoms with Crippen molar-refractivity contribution in [1.82, 2.24) is 9.80 Å². The number of hydrogen-bond acceptors (Lipinski definition) is 4. The molecule has 6 heteroatoms. The van der Waals surface area contributed by atoms with Crippen molar-refractivity contribution in [3.05, 3.63) is 59.5 Å². The van der Waals surface area contributed by atoms with Gasteiger partial charge in [-0.3, -0.25) is 9.59 Å². The van der Waals surface area contributed by atoms with Crippen LogP contribution in [0.15, 0.2) is 47.1 Å². The number of carbonyl (C=O) groups is 2. The van der Waals surface area contributed by atoms with Crippen molar-refractivity contribution < 1.29 is 14.0 Å². The molecule has 0 N–H and O–H groups in total. The zero-order chi connectivity index (χ0) is 19.4. The highest BCUT2D eigenvalue weighted by Crippen LogP contribution is 2.44. The van der Waals surface area contributed by atoms with Gasteiger partial charge in [0.25, 0.3) is 5.91 Å². The van der Waals surface area contributed by atoms with Crippen molar-refractivity contribution in [2.75, 3.05) is 20.1 Å². The summed E-state index contributed by atoms with van der Waals surface area (Å²) in [6.07, 6.45) is 3.06. The molecule has 3 rings (SSSR count). The summed E-state index contributed by atoms with van der Waals surface area (Å²) in [6.45, 7) is 5.33. The van der Waals surface area contributed by atoms with E-state index in [1.807, 2.05) is 4.90 Å². The number of rotatable bonds is 7. The monoisotopic (exact) mass is 386 g/mol. The molecule has 0 aliphatic carbocycles. The van der Waals surface area contributed by atoms with Crippen LogP contribution in [0.2, 0.25) is 0 Å². The second-order valence-corrected chi connectivity index (χ2v) is 8.17. The van der Waals surface area contributed by atoms with Crippen LogP contribution < -0.4 is 0 Å². The van der Waals surface area contributed by atoms with E-state index in [0.717, 1.165) is 18.4 Å². The summed E-state index contributed by atoms with van der Waals surface area (Å²) in [4.78, 5) is 28.7. The smallest absolute Gasteiger partial charge is 0.289 e. The fourth-order valence-corrected chi connectivity index (χ4v) is 4.67. The maximum absolute atomic E-state index is 12.8. The Morgan fingerprint density at radius 2 is 2.00 bits per heavy atom. The summed E-state index contributed by atoms with van der Waals surface area (Å²) in [6, 6.07) is 11.8. The van der Waals surface area contributed by atoms with Gasteiger partial charge in [-0.2, -0.15) is 0 Å². The Bertz CT molecular complexity index is 773. The van der Waals surface area contributed by atoms with Crippen LogP contribution in [-0.2, 0) is 4.79 Å². The maximum Gasteiger partial charge on any atom is 0.289 e. The Morgan fingerprint density at radius 3 is 2.63 bits per heavy atom. The molecule has 1 aliphatic rings. The summed E-state index contributed by atoms with van der Waals surface area (Å²) >= 11 is 1.73. The minimum absolute atomic E-state index is 0.0128. The Labute approximate surface area is 164 Å². The molecule has 1 aromatic heterocycles. The topological polar surface area (TPSA) is 53.8 Å². The lowest BCUT2D eigenvalue weighted by atomic mass is 10.1. The number of aryl methyl sites for hydroxylation is 1. The van der Waals surface area contributed by atoms with E-state index in [4.69, 9.17) is 4.42 Å². The number of benzene rings is 1. The van der Waals surface area contributed by atoms with Gasteiger partial charge in [0.15, 0.2) is 5.76 Å². The molecule has 1 aliphatic heterocycles. The number of amides is 2. The molecule has 2 atom stereocenters. The summed E-state index contributed by atoms with van der Waals surface area (Å²) in [5, 5.41) is 0.0629. The number of thioether (sulfide) groups is 1. The second kappa shape index (κ2) is 8.65. The zero-order valence-electron chi connectivity index (χ0n) is 16.1. The number of hydrogen-bond donors (Lipinski definition) is 0. The lowest BCUT2D eigenvalue weighted by molar-refractivity contribution is -0.130. The SMILES string of the molecule is CCC1SC(c2ccc(C)cc2)N(CCCN(C)C(=O)c2ccco2)C1=O. The first kappa shape index (κ1) is 19.5. The first-order valence-corrected chi connectivity index (χ1v) is 10.3. The van der Waals surface area contributed by atoms with Gasteiger partial charge in [0.2, 0.25) is 5.91 Å². The van der Waals surface area contributed by atoms with E-state index in [9.17, 15) is 9.59 Å². The lowest BCUT2D eigenvalue weighted by Gasteiger charge is -2.25. The molecule has 2 aromatic rings. The van der Waals surface area contributed by atoms with Crippen LogP contribution in [0.1, 0.15) is 46.8 Å². The standard InChI is InChI=1S/C21H26N2O3S/c1-4-18-20(25)23(21(27-18)16-10-8-15(2)9-11-16)13-6-12-22(3)19(24)17-7-5-14-26-17/h5,7-11,14,18,21H,4,6,12-13H2,1-3H3. The predicted octanol–water partition coefficient (Wildman–Crippen LogP) is 4.10. The highest BCUT2D eigenvalue weighted by atomic mass is 32.2. The van der Waals surface area contributed by atoms with Crippen molar-refractivity contribution in [3.8, 4) is 0 Å². The van der Waals surface area contributed by atoms with Gasteiger partial charge in [0, 0.05) is 20.1 Å². The molecule has 1 fully saturated rings. The molecular formula is C21H26N2O3S. The normalized spacial score (nSPS) is 19.5. The van der Waals surface area contributed by atoms with Crippen LogP contribution in [0.25, 0.3) is 0 Å². The maximum atomic E-state index is 12.8. The molecule has 2 amide bonds. The van der Waals surface area contributed by atoms with Crippen molar-refractivity contribution in [2.24, 2.45) is 0 Å². The van der Waals surface area contributed by atoms with Crippen LogP contribution in [-0.4, -0.2) is 47.0 Å². The molecule has 1 saturated heterocycles. The molecule has 1 aromatic carbocycles. The average Bonchev–Trinajstić information content (AvgIpc) is 3.31. The van der Waals surface area contributed by atoms with Crippen LogP contribution in [0.5, 0.6) is 0 Å². The molecule has 2 unspecified atom stereocenters. The number of carbonyl (C=O) groups excluding carboxylic acids is 2. The molecule has 0 radical (unpaired) electrons. The fraction of sp³-hybridized carbons (Fsp3) is 0.429. The van der Waals surface area contributed by atoms with E-state index in [0.29, 0.717) is 18.8 Å². The summed E-state index contributed by atoms with van der Waals surface area (Å²) in [5.41, 5.74) is 2.37. The first-order chi connectivity index (χ1) is 13.0. The summed E-state index contributed by atoms with van der Waals surface area (Å²) in [5.74, 6) is 0.408. The Kier molecular flexibility index (Phi) is 6.26. The number of nitrogens with zero attached hydrogens (tertiary/aromatic N) is 2. The third-order valence-corrected chi connectivity index (χ3v) is 6.49. The van der Waals surface area contributed by atoms with E-state index in [2.05, 4.69) is 38.1 Å². The third-order valence-electron chi connectivity index (χ3n) is 4.84. The van der Waals surface area contributed by atoms with E-state index < -0.39 is 0 Å². The highest BCUT2D eigenvalue weighted by molar-refractivity contribution is 8.01. The Balaban J connectivity index is 1.63. The molecular weight excluding hydrogens is 360 g/mol. The summed E-state index contributed by atoms with van der Waals surface area (Å²) in [7, 11) is 1.76. The van der Waals surface area contributed by atoms with Gasteiger partial charge in [0.05, 0.1) is 11.5 Å². The first-order valence-electron chi connectivity index (χ1n) is 9.32. The quantitative estimate of drug-likeness (QED) is 0.719. The molecule has 0 saturated carbocycles. The van der Waals surface area contributed by atoms with Crippen LogP contribution in [0.3, 0.4) is 0 Å². The highest BCUT2D eigenvalue weighted by Gasteiger charge is 2.39. The van der Waals surface area contributed by atoms with Gasteiger partial charge in [0.1, 0.15) is 5.37 Å². The summed E-state index contributed by atoms with van der Waals surface area (Å²) < 4.78 is 5.17. The third kappa shape index (κ3) is 4.38. The van der Waals surface area contributed by atoms with Crippen molar-refractivity contribution >= 4 is 23.6 Å². The Morgan fingerprint density at radius 1 is 1.26 bits per heavy atom. The van der Waals surface area contributed by atoms with Crippen molar-refractivity contribution in [2.45, 2.75) is 37.3 Å². The van der Waals surface area contributed by atoms with Gasteiger partial charge in [-0.05, 0) is 37.5 Å². The minimum Gasteiger partial charge on any atom is -0.459 e. The molecule has 0 spiro atoms. The molecule has 0 bridgehead atoms. The molecule has 5 nitrogen and oxygen atoms in total. The zero-order valence-corrected chi connectivity index (χ0v) is 16.9. The van der Waals surface area contributed by atoms with Gasteiger partial charge in [-0.15, -0.1) is 11.8 Å². The van der Waals surface area contributed by atoms with Crippen LogP contribution in [0, 0.1) is 6.92 Å². The van der Waals surface area contributed by atoms with Crippen molar-refractivity contribution in [1.29, 1.82) is 0 Å². The molecule has 27 heavy (non-hydrogen) atoms. The van der Waals surface area contributed by atoms with E-state index >= 15 is 0 Å². The fourth-order valence-electron chi connectivity index (χ4n) is 3.24. The lowest BCUT2D eigenvalue weighted by Crippen LogP contribution is -2.35. The van der Waals surface area contributed by atoms with E-state index in [1.54, 1.807) is 35.8 Å². The van der Waals surface area contributed by atoms with Gasteiger partial charge in [-0.25, -0.2) is 0 Å².